The fourth-order valence-electron chi connectivity index (χ4n) is 3.58. The highest BCUT2D eigenvalue weighted by Crippen LogP contribution is 2.22. The van der Waals surface area contributed by atoms with Gasteiger partial charge in [-0.1, -0.05) is 0 Å². The number of nitrogens with two attached hydrogens (primary N) is 1. The van der Waals surface area contributed by atoms with Crippen LogP contribution in [-0.4, -0.2) is 48.1 Å². The lowest BCUT2D eigenvalue weighted by atomic mass is 10.1. The van der Waals surface area contributed by atoms with E-state index in [9.17, 15) is 9.18 Å². The zero-order valence-corrected chi connectivity index (χ0v) is 17.2. The van der Waals surface area contributed by atoms with Crippen LogP contribution >= 0.6 is 0 Å². The highest BCUT2D eigenvalue weighted by Gasteiger charge is 2.17. The highest BCUT2D eigenvalue weighted by atomic mass is 19.1. The Labute approximate surface area is 179 Å². The molecule has 4 rings (SSSR count). The van der Waals surface area contributed by atoms with Gasteiger partial charge in [0.1, 0.15) is 23.4 Å². The number of aromatic amines is 1. The van der Waals surface area contributed by atoms with Crippen LogP contribution in [0.2, 0.25) is 0 Å². The Kier molecular flexibility index (Phi) is 6.08. The van der Waals surface area contributed by atoms with Gasteiger partial charge >= 0.3 is 0 Å². The molecule has 1 fully saturated rings. The van der Waals surface area contributed by atoms with E-state index in [0.29, 0.717) is 16.6 Å². The van der Waals surface area contributed by atoms with Gasteiger partial charge in [-0.3, -0.25) is 9.79 Å². The van der Waals surface area contributed by atoms with Crippen molar-refractivity contribution in [3.8, 4) is 5.75 Å². The van der Waals surface area contributed by atoms with Crippen molar-refractivity contribution < 1.29 is 9.13 Å². The van der Waals surface area contributed by atoms with Gasteiger partial charge in [-0.25, -0.2) is 4.39 Å². The lowest BCUT2D eigenvalue weighted by molar-refractivity contribution is 0.114. The molecule has 160 valence electrons. The summed E-state index contributed by atoms with van der Waals surface area (Å²) in [5, 5.41) is 4.23. The Balaban J connectivity index is 1.49. The summed E-state index contributed by atoms with van der Waals surface area (Å²) in [6.45, 7) is 2.07. The number of ether oxygens (including phenoxy) is 1. The van der Waals surface area contributed by atoms with Gasteiger partial charge in [-0.15, -0.1) is 0 Å². The fraction of sp³-hybridized carbons (Fsp3) is 0.261. The number of pyridine rings is 1. The van der Waals surface area contributed by atoms with Crippen LogP contribution in [0.4, 0.5) is 10.1 Å². The van der Waals surface area contributed by atoms with E-state index in [-0.39, 0.29) is 22.9 Å². The average molecular weight is 421 g/mol. The van der Waals surface area contributed by atoms with Crippen LogP contribution in [0.1, 0.15) is 18.4 Å². The maximum atomic E-state index is 13.5. The molecule has 0 aliphatic carbocycles. The summed E-state index contributed by atoms with van der Waals surface area (Å²) in [6, 6.07) is 13.1. The van der Waals surface area contributed by atoms with Crippen LogP contribution in [0.25, 0.3) is 10.9 Å². The van der Waals surface area contributed by atoms with Crippen LogP contribution < -0.4 is 16.1 Å². The average Bonchev–Trinajstić information content (AvgIpc) is 2.77. The number of halogens is 1. The number of likely N-dealkylation sites (tertiary alicyclic amines) is 1. The molecule has 1 saturated heterocycles. The number of aliphatic imine (C=N–C) groups is 1. The minimum Gasteiger partial charge on any atom is -0.490 e. The summed E-state index contributed by atoms with van der Waals surface area (Å²) in [5.41, 5.74) is 1.23. The molecule has 0 amide bonds. The molecule has 1 aromatic heterocycles. The fourth-order valence-corrected chi connectivity index (χ4v) is 3.58. The van der Waals surface area contributed by atoms with E-state index in [1.54, 1.807) is 6.07 Å². The van der Waals surface area contributed by atoms with Gasteiger partial charge in [0.05, 0.1) is 17.5 Å². The van der Waals surface area contributed by atoms with Crippen molar-refractivity contribution in [1.82, 2.24) is 9.88 Å². The number of aromatic nitrogens is 1. The van der Waals surface area contributed by atoms with E-state index in [4.69, 9.17) is 10.6 Å². The minimum absolute atomic E-state index is 0.194. The number of fused-ring (bicyclic) bond motifs is 1. The Morgan fingerprint density at radius 1 is 1.19 bits per heavy atom. The maximum Gasteiger partial charge on any atom is 0.258 e. The van der Waals surface area contributed by atoms with Crippen LogP contribution in [-0.2, 0) is 0 Å². The van der Waals surface area contributed by atoms with Crippen molar-refractivity contribution in [3.63, 3.8) is 0 Å². The van der Waals surface area contributed by atoms with Crippen molar-refractivity contribution in [2.75, 3.05) is 20.1 Å². The van der Waals surface area contributed by atoms with E-state index >= 15 is 0 Å². The van der Waals surface area contributed by atoms with Crippen molar-refractivity contribution >= 4 is 28.5 Å². The first-order chi connectivity index (χ1) is 15.0. The Bertz CT molecular complexity index is 1180. The monoisotopic (exact) mass is 421 g/mol. The number of benzene rings is 2. The number of hydrogen-bond acceptors (Lipinski definition) is 6. The van der Waals surface area contributed by atoms with E-state index in [0.717, 1.165) is 31.7 Å². The minimum atomic E-state index is -0.395. The van der Waals surface area contributed by atoms with Crippen molar-refractivity contribution in [2.24, 2.45) is 15.9 Å². The number of nitrogens with zero attached hydrogens (tertiary/aromatic N) is 3. The van der Waals surface area contributed by atoms with Gasteiger partial charge in [0.15, 0.2) is 0 Å². The first-order valence-electron chi connectivity index (χ1n) is 10.1. The van der Waals surface area contributed by atoms with Gasteiger partial charge in [0.2, 0.25) is 0 Å². The molecule has 0 bridgehead atoms. The third-order valence-electron chi connectivity index (χ3n) is 5.36. The molecule has 0 radical (unpaired) electrons. The molecule has 3 N–H and O–H groups in total. The second-order valence-electron chi connectivity index (χ2n) is 7.63. The van der Waals surface area contributed by atoms with E-state index in [2.05, 4.69) is 27.0 Å². The number of piperidine rings is 1. The molecule has 2 aromatic carbocycles. The molecular weight excluding hydrogens is 397 g/mol. The molecule has 0 unspecified atom stereocenters. The SMILES string of the molecule is CN1CCC(Oc2ccc(N=CC(=NN)c3cc4cc(F)ccc4[nH]c3=O)cc2)CC1. The number of hydrogen-bond donors (Lipinski definition) is 2. The Morgan fingerprint density at radius 2 is 1.94 bits per heavy atom. The summed E-state index contributed by atoms with van der Waals surface area (Å²) in [6.07, 6.45) is 3.67. The summed E-state index contributed by atoms with van der Waals surface area (Å²) < 4.78 is 19.6. The van der Waals surface area contributed by atoms with Gasteiger partial charge < -0.3 is 20.5 Å². The Hall–Kier alpha value is -3.52. The van der Waals surface area contributed by atoms with E-state index in [1.807, 2.05) is 24.3 Å². The van der Waals surface area contributed by atoms with Gasteiger partial charge in [-0.2, -0.15) is 5.10 Å². The molecular formula is C23H24FN5O2. The number of rotatable bonds is 5. The summed E-state index contributed by atoms with van der Waals surface area (Å²) in [5.74, 6) is 5.90. The highest BCUT2D eigenvalue weighted by molar-refractivity contribution is 6.38. The molecule has 2 heterocycles. The van der Waals surface area contributed by atoms with E-state index in [1.165, 1.54) is 24.4 Å². The molecule has 0 atom stereocenters. The lowest BCUT2D eigenvalue weighted by Gasteiger charge is -2.29. The summed E-state index contributed by atoms with van der Waals surface area (Å²) >= 11 is 0. The molecule has 0 saturated carbocycles. The molecule has 0 spiro atoms. The smallest absolute Gasteiger partial charge is 0.258 e. The normalized spacial score (nSPS) is 16.3. The second kappa shape index (κ2) is 9.09. The Morgan fingerprint density at radius 3 is 2.65 bits per heavy atom. The topological polar surface area (TPSA) is 96.1 Å². The first kappa shape index (κ1) is 20.7. The van der Waals surface area contributed by atoms with E-state index < -0.39 is 5.82 Å². The first-order valence-corrected chi connectivity index (χ1v) is 10.1. The van der Waals surface area contributed by atoms with Gasteiger partial charge in [-0.05, 0) is 68.4 Å². The molecule has 31 heavy (non-hydrogen) atoms. The largest absolute Gasteiger partial charge is 0.490 e. The predicted molar refractivity (Wildman–Crippen MR) is 121 cm³/mol. The van der Waals surface area contributed by atoms with Crippen LogP contribution in [0, 0.1) is 5.82 Å². The number of hydrazone groups is 1. The third-order valence-corrected chi connectivity index (χ3v) is 5.36. The van der Waals surface area contributed by atoms with Crippen LogP contribution in [0.5, 0.6) is 5.75 Å². The maximum absolute atomic E-state index is 13.5. The second-order valence-corrected chi connectivity index (χ2v) is 7.63. The quantitative estimate of drug-likeness (QED) is 0.376. The molecule has 1 aliphatic rings. The molecule has 8 heteroatoms. The van der Waals surface area contributed by atoms with Gasteiger partial charge in [0, 0.05) is 24.0 Å². The predicted octanol–water partition coefficient (Wildman–Crippen LogP) is 3.21. The zero-order chi connectivity index (χ0) is 21.8. The van der Waals surface area contributed by atoms with Crippen molar-refractivity contribution in [3.05, 3.63) is 70.3 Å². The summed E-state index contributed by atoms with van der Waals surface area (Å²) in [4.78, 5) is 21.8. The molecule has 7 nitrogen and oxygen atoms in total. The van der Waals surface area contributed by atoms with Crippen molar-refractivity contribution in [1.29, 1.82) is 0 Å². The lowest BCUT2D eigenvalue weighted by Crippen LogP contribution is -2.35. The molecule has 3 aromatic rings. The zero-order valence-electron chi connectivity index (χ0n) is 17.2. The third kappa shape index (κ3) is 4.97. The van der Waals surface area contributed by atoms with Crippen LogP contribution in [0.3, 0.4) is 0 Å². The molecule has 1 aliphatic heterocycles. The number of H-pyrrole nitrogens is 1. The van der Waals surface area contributed by atoms with Crippen LogP contribution in [0.15, 0.2) is 63.4 Å². The standard InChI is InChI=1S/C23H24FN5O2/c1-29-10-8-19(9-11-29)31-18-5-3-17(4-6-18)26-14-22(28-25)20-13-15-12-16(24)2-7-21(15)27-23(20)30/h2-7,12-14,19H,8-11,25H2,1H3,(H,27,30). The summed E-state index contributed by atoms with van der Waals surface area (Å²) in [7, 11) is 2.12. The number of nitrogens with one attached hydrogen (secondary N) is 1. The van der Waals surface area contributed by atoms with Crippen molar-refractivity contribution in [2.45, 2.75) is 18.9 Å². The van der Waals surface area contributed by atoms with Gasteiger partial charge in [0.25, 0.3) is 5.56 Å².